The second-order valence-electron chi connectivity index (χ2n) is 4.10. The highest BCUT2D eigenvalue weighted by Crippen LogP contribution is 2.42. The summed E-state index contributed by atoms with van der Waals surface area (Å²) in [6.45, 7) is 0. The molecule has 1 nitrogen and oxygen atoms in total. The molecular formula is C13H11F3O. The van der Waals surface area contributed by atoms with Gasteiger partial charge >= 0.3 is 6.18 Å². The summed E-state index contributed by atoms with van der Waals surface area (Å²) in [5.74, 6) is -1.67. The Morgan fingerprint density at radius 1 is 1.18 bits per heavy atom. The van der Waals surface area contributed by atoms with Gasteiger partial charge in [-0.3, -0.25) is 4.79 Å². The van der Waals surface area contributed by atoms with Crippen LogP contribution in [0.2, 0.25) is 0 Å². The van der Waals surface area contributed by atoms with E-state index in [1.807, 2.05) is 0 Å². The zero-order chi connectivity index (χ0) is 12.5. The number of allylic oxidation sites excluding steroid dienone is 2. The first-order chi connectivity index (χ1) is 7.98. The van der Waals surface area contributed by atoms with E-state index in [2.05, 4.69) is 0 Å². The Hall–Kier alpha value is -1.58. The highest BCUT2D eigenvalue weighted by atomic mass is 19.4. The van der Waals surface area contributed by atoms with Crippen LogP contribution in [0, 0.1) is 5.92 Å². The van der Waals surface area contributed by atoms with Crippen LogP contribution in [0.15, 0.2) is 36.4 Å². The molecule has 0 bridgehead atoms. The Balaban J connectivity index is 2.31. The molecule has 0 aromatic heterocycles. The van der Waals surface area contributed by atoms with Gasteiger partial charge in [0.15, 0.2) is 0 Å². The molecule has 0 spiro atoms. The van der Waals surface area contributed by atoms with Crippen molar-refractivity contribution >= 4 is 11.4 Å². The number of carbonyl (C=O) groups is 1. The van der Waals surface area contributed by atoms with Crippen LogP contribution in [0.1, 0.15) is 18.4 Å². The average molecular weight is 240 g/mol. The summed E-state index contributed by atoms with van der Waals surface area (Å²) in [5, 5.41) is 0. The quantitative estimate of drug-likeness (QED) is 0.737. The molecule has 0 atom stereocenters. The van der Waals surface area contributed by atoms with Gasteiger partial charge < -0.3 is 0 Å². The van der Waals surface area contributed by atoms with Crippen molar-refractivity contribution < 1.29 is 18.0 Å². The van der Waals surface area contributed by atoms with Crippen molar-refractivity contribution in [3.05, 3.63) is 42.0 Å². The molecule has 1 aliphatic carbocycles. The SMILES string of the molecule is O=C(/C=C(/c1ccccc1)C1CC1)C(F)(F)F. The normalized spacial score (nSPS) is 17.0. The summed E-state index contributed by atoms with van der Waals surface area (Å²) in [5.41, 5.74) is 1.21. The Bertz CT molecular complexity index is 441. The summed E-state index contributed by atoms with van der Waals surface area (Å²) < 4.78 is 36.6. The van der Waals surface area contributed by atoms with Gasteiger partial charge in [-0.2, -0.15) is 13.2 Å². The predicted molar refractivity (Wildman–Crippen MR) is 58.2 cm³/mol. The number of alkyl halides is 3. The molecule has 0 saturated heterocycles. The summed E-state index contributed by atoms with van der Waals surface area (Å²) in [4.78, 5) is 11.0. The van der Waals surface area contributed by atoms with Crippen molar-refractivity contribution in [3.63, 3.8) is 0 Å². The second kappa shape index (κ2) is 4.35. The Kier molecular flexibility index (Phi) is 3.05. The van der Waals surface area contributed by atoms with Gasteiger partial charge in [-0.05, 0) is 36.0 Å². The molecule has 0 amide bonds. The third-order valence-corrected chi connectivity index (χ3v) is 2.69. The first-order valence-electron chi connectivity index (χ1n) is 5.36. The minimum absolute atomic E-state index is 0.101. The minimum atomic E-state index is -4.78. The summed E-state index contributed by atoms with van der Waals surface area (Å²) in [6.07, 6.45) is -2.33. The van der Waals surface area contributed by atoms with E-state index >= 15 is 0 Å². The van der Waals surface area contributed by atoms with E-state index in [9.17, 15) is 18.0 Å². The van der Waals surface area contributed by atoms with Crippen molar-refractivity contribution in [1.82, 2.24) is 0 Å². The van der Waals surface area contributed by atoms with Crippen LogP contribution in [-0.2, 0) is 4.79 Å². The van der Waals surface area contributed by atoms with Crippen LogP contribution in [0.5, 0.6) is 0 Å². The number of rotatable bonds is 3. The molecule has 4 heteroatoms. The van der Waals surface area contributed by atoms with E-state index in [4.69, 9.17) is 0 Å². The molecule has 90 valence electrons. The summed E-state index contributed by atoms with van der Waals surface area (Å²) in [6, 6.07) is 8.76. The molecule has 17 heavy (non-hydrogen) atoms. The zero-order valence-electron chi connectivity index (χ0n) is 9.00. The number of hydrogen-bond acceptors (Lipinski definition) is 1. The van der Waals surface area contributed by atoms with Gasteiger partial charge in [0, 0.05) is 0 Å². The van der Waals surface area contributed by atoms with Gasteiger partial charge in [0.2, 0.25) is 0 Å². The van der Waals surface area contributed by atoms with Crippen LogP contribution >= 0.6 is 0 Å². The smallest absolute Gasteiger partial charge is 0.285 e. The third-order valence-electron chi connectivity index (χ3n) is 2.69. The topological polar surface area (TPSA) is 17.1 Å². The van der Waals surface area contributed by atoms with Gasteiger partial charge in [0.25, 0.3) is 5.78 Å². The molecule has 1 aromatic carbocycles. The van der Waals surface area contributed by atoms with Crippen LogP contribution in [-0.4, -0.2) is 12.0 Å². The first-order valence-corrected chi connectivity index (χ1v) is 5.36. The van der Waals surface area contributed by atoms with E-state index in [-0.39, 0.29) is 5.92 Å². The van der Waals surface area contributed by atoms with Gasteiger partial charge in [-0.15, -0.1) is 0 Å². The number of benzene rings is 1. The Morgan fingerprint density at radius 3 is 2.24 bits per heavy atom. The van der Waals surface area contributed by atoms with Crippen LogP contribution in [0.25, 0.3) is 5.57 Å². The van der Waals surface area contributed by atoms with Crippen LogP contribution in [0.3, 0.4) is 0 Å². The highest BCUT2D eigenvalue weighted by molar-refractivity contribution is 6.00. The standard InChI is InChI=1S/C13H11F3O/c14-13(15,16)12(17)8-11(10-6-7-10)9-4-2-1-3-5-9/h1-5,8,10H,6-7H2/b11-8-. The fourth-order valence-electron chi connectivity index (χ4n) is 1.68. The number of hydrogen-bond donors (Lipinski definition) is 0. The van der Waals surface area contributed by atoms with E-state index in [1.165, 1.54) is 0 Å². The van der Waals surface area contributed by atoms with Crippen molar-refractivity contribution in [2.75, 3.05) is 0 Å². The molecule has 0 radical (unpaired) electrons. The van der Waals surface area contributed by atoms with E-state index < -0.39 is 12.0 Å². The van der Waals surface area contributed by atoms with E-state index in [1.54, 1.807) is 30.3 Å². The van der Waals surface area contributed by atoms with Crippen molar-refractivity contribution in [1.29, 1.82) is 0 Å². The van der Waals surface area contributed by atoms with E-state index in [0.29, 0.717) is 11.1 Å². The fraction of sp³-hybridized carbons (Fsp3) is 0.308. The lowest BCUT2D eigenvalue weighted by atomic mass is 10.00. The Labute approximate surface area is 96.9 Å². The monoisotopic (exact) mass is 240 g/mol. The van der Waals surface area contributed by atoms with Crippen molar-refractivity contribution in [2.45, 2.75) is 19.0 Å². The molecule has 0 aliphatic heterocycles. The van der Waals surface area contributed by atoms with Crippen LogP contribution in [0.4, 0.5) is 13.2 Å². The molecule has 1 saturated carbocycles. The van der Waals surface area contributed by atoms with Gasteiger partial charge in [0.1, 0.15) is 0 Å². The number of halogens is 3. The lowest BCUT2D eigenvalue weighted by Gasteiger charge is -2.07. The number of ketones is 1. The molecule has 1 aromatic rings. The molecule has 1 fully saturated rings. The first kappa shape index (κ1) is 11.9. The van der Waals surface area contributed by atoms with Gasteiger partial charge in [-0.25, -0.2) is 0 Å². The molecule has 2 rings (SSSR count). The number of carbonyl (C=O) groups excluding carboxylic acids is 1. The molecule has 0 N–H and O–H groups in total. The lowest BCUT2D eigenvalue weighted by Crippen LogP contribution is -2.20. The second-order valence-corrected chi connectivity index (χ2v) is 4.10. The van der Waals surface area contributed by atoms with Crippen LogP contribution < -0.4 is 0 Å². The maximum Gasteiger partial charge on any atom is 0.454 e. The molecule has 0 unspecified atom stereocenters. The molecule has 1 aliphatic rings. The summed E-state index contributed by atoms with van der Waals surface area (Å²) >= 11 is 0. The maximum atomic E-state index is 12.2. The Morgan fingerprint density at radius 2 is 1.76 bits per heavy atom. The lowest BCUT2D eigenvalue weighted by molar-refractivity contribution is -0.165. The van der Waals surface area contributed by atoms with E-state index in [0.717, 1.165) is 18.9 Å². The van der Waals surface area contributed by atoms with Crippen molar-refractivity contribution in [3.8, 4) is 0 Å². The summed E-state index contributed by atoms with van der Waals surface area (Å²) in [7, 11) is 0. The largest absolute Gasteiger partial charge is 0.454 e. The zero-order valence-corrected chi connectivity index (χ0v) is 9.00. The molecule has 0 heterocycles. The predicted octanol–water partition coefficient (Wildman–Crippen LogP) is 3.61. The molecular weight excluding hydrogens is 229 g/mol. The van der Waals surface area contributed by atoms with Gasteiger partial charge in [-0.1, -0.05) is 30.3 Å². The fourth-order valence-corrected chi connectivity index (χ4v) is 1.68. The van der Waals surface area contributed by atoms with Gasteiger partial charge in [0.05, 0.1) is 0 Å². The average Bonchev–Trinajstić information content (AvgIpc) is 3.09. The highest BCUT2D eigenvalue weighted by Gasteiger charge is 2.38. The maximum absolute atomic E-state index is 12.2. The minimum Gasteiger partial charge on any atom is -0.285 e. The van der Waals surface area contributed by atoms with Crippen molar-refractivity contribution in [2.24, 2.45) is 5.92 Å². The third kappa shape index (κ3) is 2.96.